The lowest BCUT2D eigenvalue weighted by molar-refractivity contribution is 0.0633. The predicted octanol–water partition coefficient (Wildman–Crippen LogP) is 2.43. The molecule has 0 aliphatic heterocycles. The Hall–Kier alpha value is -0.830. The molecule has 0 bridgehead atoms. The summed E-state index contributed by atoms with van der Waals surface area (Å²) in [4.78, 5) is 4.16. The molecular formula is C11H20N2O. The zero-order chi connectivity index (χ0) is 10.6. The highest BCUT2D eigenvalue weighted by molar-refractivity contribution is 5.03. The fraction of sp³-hybridized carbons (Fsp3) is 0.727. The van der Waals surface area contributed by atoms with Crippen LogP contribution >= 0.6 is 0 Å². The van der Waals surface area contributed by atoms with Gasteiger partial charge in [0.1, 0.15) is 0 Å². The summed E-state index contributed by atoms with van der Waals surface area (Å²) in [6.45, 7) is 10.1. The maximum atomic E-state index is 5.50. The van der Waals surface area contributed by atoms with Gasteiger partial charge in [-0.1, -0.05) is 13.8 Å². The summed E-state index contributed by atoms with van der Waals surface area (Å²) in [5.41, 5.74) is 1.27. The van der Waals surface area contributed by atoms with Gasteiger partial charge in [-0.05, 0) is 19.8 Å². The Morgan fingerprint density at radius 1 is 1.43 bits per heavy atom. The predicted molar refractivity (Wildman–Crippen MR) is 57.4 cm³/mol. The third-order valence-corrected chi connectivity index (χ3v) is 2.24. The molecule has 1 heterocycles. The molecule has 3 heteroatoms. The Morgan fingerprint density at radius 2 is 2.14 bits per heavy atom. The van der Waals surface area contributed by atoms with Crippen LogP contribution in [-0.2, 0) is 11.3 Å². The first-order valence-electron chi connectivity index (χ1n) is 5.26. The van der Waals surface area contributed by atoms with E-state index in [4.69, 9.17) is 4.74 Å². The Kier molecular flexibility index (Phi) is 4.14. The SMILES string of the molecule is CCOC(C)Cn1cncc1C(C)C. The van der Waals surface area contributed by atoms with Gasteiger partial charge in [0.2, 0.25) is 0 Å². The van der Waals surface area contributed by atoms with E-state index >= 15 is 0 Å². The van der Waals surface area contributed by atoms with Crippen molar-refractivity contribution >= 4 is 0 Å². The molecule has 1 aromatic heterocycles. The van der Waals surface area contributed by atoms with E-state index in [0.717, 1.165) is 13.2 Å². The monoisotopic (exact) mass is 196 g/mol. The van der Waals surface area contributed by atoms with Gasteiger partial charge in [0, 0.05) is 25.0 Å². The van der Waals surface area contributed by atoms with E-state index in [9.17, 15) is 0 Å². The second-order valence-electron chi connectivity index (χ2n) is 3.89. The minimum atomic E-state index is 0.256. The van der Waals surface area contributed by atoms with Gasteiger partial charge in [0.15, 0.2) is 0 Å². The highest BCUT2D eigenvalue weighted by Gasteiger charge is 2.09. The van der Waals surface area contributed by atoms with Gasteiger partial charge in [-0.2, -0.15) is 0 Å². The van der Waals surface area contributed by atoms with Crippen molar-refractivity contribution in [2.45, 2.75) is 46.3 Å². The van der Waals surface area contributed by atoms with Crippen LogP contribution in [0, 0.1) is 0 Å². The number of rotatable bonds is 5. The van der Waals surface area contributed by atoms with Crippen molar-refractivity contribution in [2.24, 2.45) is 0 Å². The van der Waals surface area contributed by atoms with Crippen LogP contribution in [0.2, 0.25) is 0 Å². The van der Waals surface area contributed by atoms with Gasteiger partial charge in [0.25, 0.3) is 0 Å². The average molecular weight is 196 g/mol. The van der Waals surface area contributed by atoms with E-state index in [1.807, 2.05) is 19.4 Å². The van der Waals surface area contributed by atoms with Crippen molar-refractivity contribution in [3.63, 3.8) is 0 Å². The topological polar surface area (TPSA) is 27.1 Å². The van der Waals surface area contributed by atoms with Crippen LogP contribution in [0.15, 0.2) is 12.5 Å². The molecule has 80 valence electrons. The highest BCUT2D eigenvalue weighted by atomic mass is 16.5. The largest absolute Gasteiger partial charge is 0.377 e. The van der Waals surface area contributed by atoms with E-state index in [0.29, 0.717) is 5.92 Å². The van der Waals surface area contributed by atoms with E-state index in [2.05, 4.69) is 30.3 Å². The van der Waals surface area contributed by atoms with Crippen LogP contribution in [0.5, 0.6) is 0 Å². The Bertz CT molecular complexity index is 268. The van der Waals surface area contributed by atoms with Gasteiger partial charge in [-0.3, -0.25) is 0 Å². The zero-order valence-electron chi connectivity index (χ0n) is 9.53. The van der Waals surface area contributed by atoms with Crippen LogP contribution in [0.1, 0.15) is 39.3 Å². The summed E-state index contributed by atoms with van der Waals surface area (Å²) in [6, 6.07) is 0. The maximum Gasteiger partial charge on any atom is 0.0949 e. The van der Waals surface area contributed by atoms with E-state index < -0.39 is 0 Å². The van der Waals surface area contributed by atoms with Gasteiger partial charge < -0.3 is 9.30 Å². The fourth-order valence-electron chi connectivity index (χ4n) is 1.58. The van der Waals surface area contributed by atoms with E-state index in [1.165, 1.54) is 5.69 Å². The first-order valence-corrected chi connectivity index (χ1v) is 5.26. The molecule has 1 rings (SSSR count). The Balaban J connectivity index is 2.61. The third kappa shape index (κ3) is 2.84. The minimum absolute atomic E-state index is 0.256. The molecule has 0 radical (unpaired) electrons. The van der Waals surface area contributed by atoms with Gasteiger partial charge in [-0.25, -0.2) is 4.98 Å². The number of nitrogens with zero attached hydrogens (tertiary/aromatic N) is 2. The molecule has 0 N–H and O–H groups in total. The Labute approximate surface area is 86.1 Å². The number of aromatic nitrogens is 2. The lowest BCUT2D eigenvalue weighted by atomic mass is 10.1. The summed E-state index contributed by atoms with van der Waals surface area (Å²) in [7, 11) is 0. The molecule has 14 heavy (non-hydrogen) atoms. The molecule has 0 saturated heterocycles. The summed E-state index contributed by atoms with van der Waals surface area (Å²) in [5, 5.41) is 0. The third-order valence-electron chi connectivity index (χ3n) is 2.24. The number of ether oxygens (including phenoxy) is 1. The molecule has 0 spiro atoms. The van der Waals surface area contributed by atoms with Crippen LogP contribution in [0.3, 0.4) is 0 Å². The van der Waals surface area contributed by atoms with Crippen molar-refractivity contribution in [1.29, 1.82) is 0 Å². The van der Waals surface area contributed by atoms with Crippen molar-refractivity contribution in [3.8, 4) is 0 Å². The number of imidazole rings is 1. The second-order valence-corrected chi connectivity index (χ2v) is 3.89. The van der Waals surface area contributed by atoms with Crippen molar-refractivity contribution in [3.05, 3.63) is 18.2 Å². The molecule has 0 amide bonds. The van der Waals surface area contributed by atoms with Gasteiger partial charge >= 0.3 is 0 Å². The molecule has 0 aromatic carbocycles. The lowest BCUT2D eigenvalue weighted by Crippen LogP contribution is -2.17. The molecule has 1 atom stereocenters. The zero-order valence-corrected chi connectivity index (χ0v) is 9.53. The second kappa shape index (κ2) is 5.15. The van der Waals surface area contributed by atoms with E-state index in [1.54, 1.807) is 0 Å². The maximum absolute atomic E-state index is 5.50. The molecular weight excluding hydrogens is 176 g/mol. The molecule has 0 aliphatic rings. The standard InChI is InChI=1S/C11H20N2O/c1-5-14-10(4)7-13-8-12-6-11(13)9(2)3/h6,8-10H,5,7H2,1-4H3. The van der Waals surface area contributed by atoms with Crippen LogP contribution in [0.4, 0.5) is 0 Å². The molecule has 0 aliphatic carbocycles. The summed E-state index contributed by atoms with van der Waals surface area (Å²) in [6.07, 6.45) is 4.07. The normalized spacial score (nSPS) is 13.5. The number of hydrogen-bond acceptors (Lipinski definition) is 2. The highest BCUT2D eigenvalue weighted by Crippen LogP contribution is 2.14. The van der Waals surface area contributed by atoms with Crippen molar-refractivity contribution in [1.82, 2.24) is 9.55 Å². The fourth-order valence-corrected chi connectivity index (χ4v) is 1.58. The van der Waals surface area contributed by atoms with Crippen LogP contribution in [-0.4, -0.2) is 22.3 Å². The summed E-state index contributed by atoms with van der Waals surface area (Å²) in [5.74, 6) is 0.520. The first kappa shape index (κ1) is 11.2. The molecule has 0 fully saturated rings. The van der Waals surface area contributed by atoms with Crippen molar-refractivity contribution in [2.75, 3.05) is 6.61 Å². The van der Waals surface area contributed by atoms with Crippen molar-refractivity contribution < 1.29 is 4.74 Å². The molecule has 3 nitrogen and oxygen atoms in total. The lowest BCUT2D eigenvalue weighted by Gasteiger charge is -2.15. The summed E-state index contributed by atoms with van der Waals surface area (Å²) < 4.78 is 7.67. The Morgan fingerprint density at radius 3 is 2.71 bits per heavy atom. The summed E-state index contributed by atoms with van der Waals surface area (Å²) >= 11 is 0. The first-order chi connectivity index (χ1) is 6.65. The molecule has 0 saturated carbocycles. The van der Waals surface area contributed by atoms with E-state index in [-0.39, 0.29) is 6.10 Å². The van der Waals surface area contributed by atoms with Crippen LogP contribution < -0.4 is 0 Å². The minimum Gasteiger partial charge on any atom is -0.377 e. The molecule has 1 unspecified atom stereocenters. The number of hydrogen-bond donors (Lipinski definition) is 0. The average Bonchev–Trinajstić information content (AvgIpc) is 2.52. The quantitative estimate of drug-likeness (QED) is 0.723. The molecule has 1 aromatic rings. The smallest absolute Gasteiger partial charge is 0.0949 e. The van der Waals surface area contributed by atoms with Gasteiger partial charge in [0.05, 0.1) is 12.4 Å². The van der Waals surface area contributed by atoms with Crippen LogP contribution in [0.25, 0.3) is 0 Å². The van der Waals surface area contributed by atoms with Gasteiger partial charge in [-0.15, -0.1) is 0 Å².